The second kappa shape index (κ2) is 8.20. The maximum Gasteiger partial charge on any atom is 0.410 e. The van der Waals surface area contributed by atoms with Crippen LogP contribution in [0, 0.1) is 0 Å². The minimum absolute atomic E-state index is 0.232. The third kappa shape index (κ3) is 5.06. The van der Waals surface area contributed by atoms with Crippen LogP contribution in [0.4, 0.5) is 10.6 Å². The van der Waals surface area contributed by atoms with E-state index in [9.17, 15) is 4.79 Å². The number of carbonyl (C=O) groups is 1. The van der Waals surface area contributed by atoms with Gasteiger partial charge in [-0.05, 0) is 40.0 Å². The SMILES string of the molecule is CC(C)(C)OC(=O)N1CCCN(c2cc(C3CCOCC3)ncn2)CC1. The number of anilines is 1. The van der Waals surface area contributed by atoms with Gasteiger partial charge in [0.15, 0.2) is 0 Å². The molecule has 1 amide bonds. The molecule has 2 fully saturated rings. The highest BCUT2D eigenvalue weighted by Gasteiger charge is 2.25. The van der Waals surface area contributed by atoms with E-state index in [1.807, 2.05) is 20.8 Å². The van der Waals surface area contributed by atoms with Crippen molar-refractivity contribution in [3.63, 3.8) is 0 Å². The summed E-state index contributed by atoms with van der Waals surface area (Å²) in [5.41, 5.74) is 0.639. The summed E-state index contributed by atoms with van der Waals surface area (Å²) < 4.78 is 11.0. The largest absolute Gasteiger partial charge is 0.444 e. The maximum atomic E-state index is 12.3. The smallest absolute Gasteiger partial charge is 0.410 e. The van der Waals surface area contributed by atoms with Crippen LogP contribution in [0.1, 0.15) is 51.6 Å². The molecule has 7 heteroatoms. The summed E-state index contributed by atoms with van der Waals surface area (Å²) in [5.74, 6) is 1.41. The van der Waals surface area contributed by atoms with E-state index < -0.39 is 5.60 Å². The van der Waals surface area contributed by atoms with E-state index in [4.69, 9.17) is 9.47 Å². The summed E-state index contributed by atoms with van der Waals surface area (Å²) >= 11 is 0. The summed E-state index contributed by atoms with van der Waals surface area (Å²) in [6.45, 7) is 10.3. The minimum atomic E-state index is -0.464. The first kappa shape index (κ1) is 18.9. The van der Waals surface area contributed by atoms with Gasteiger partial charge in [0.25, 0.3) is 0 Å². The van der Waals surface area contributed by atoms with E-state index in [-0.39, 0.29) is 6.09 Å². The third-order valence-corrected chi connectivity index (χ3v) is 4.78. The topological polar surface area (TPSA) is 67.8 Å². The van der Waals surface area contributed by atoms with Gasteiger partial charge in [-0.2, -0.15) is 0 Å². The lowest BCUT2D eigenvalue weighted by atomic mass is 9.96. The Balaban J connectivity index is 1.63. The average Bonchev–Trinajstić information content (AvgIpc) is 2.87. The first-order valence-electron chi connectivity index (χ1n) is 9.55. The molecule has 1 aromatic rings. The lowest BCUT2D eigenvalue weighted by Crippen LogP contribution is -2.39. The molecule has 0 saturated carbocycles. The number of ether oxygens (including phenoxy) is 2. The van der Waals surface area contributed by atoms with Crippen LogP contribution >= 0.6 is 0 Å². The predicted molar refractivity (Wildman–Crippen MR) is 99.5 cm³/mol. The maximum absolute atomic E-state index is 12.3. The average molecular weight is 362 g/mol. The highest BCUT2D eigenvalue weighted by molar-refractivity contribution is 5.68. The van der Waals surface area contributed by atoms with Gasteiger partial charge >= 0.3 is 6.09 Å². The number of nitrogens with zero attached hydrogens (tertiary/aromatic N) is 4. The Morgan fingerprint density at radius 2 is 1.92 bits per heavy atom. The van der Waals surface area contributed by atoms with Gasteiger partial charge in [0.2, 0.25) is 0 Å². The normalized spacial score (nSPS) is 20.0. The summed E-state index contributed by atoms with van der Waals surface area (Å²) in [4.78, 5) is 25.3. The fourth-order valence-corrected chi connectivity index (χ4v) is 3.41. The Morgan fingerprint density at radius 1 is 1.15 bits per heavy atom. The van der Waals surface area contributed by atoms with Gasteiger partial charge in [-0.3, -0.25) is 0 Å². The number of hydrogen-bond donors (Lipinski definition) is 0. The Hall–Kier alpha value is -1.89. The molecule has 0 unspecified atom stereocenters. The summed E-state index contributed by atoms with van der Waals surface area (Å²) in [7, 11) is 0. The Labute approximate surface area is 155 Å². The lowest BCUT2D eigenvalue weighted by molar-refractivity contribution is 0.0263. The monoisotopic (exact) mass is 362 g/mol. The Kier molecular flexibility index (Phi) is 5.96. The van der Waals surface area contributed by atoms with Gasteiger partial charge in [0, 0.05) is 57.1 Å². The third-order valence-electron chi connectivity index (χ3n) is 4.78. The molecule has 3 rings (SSSR count). The van der Waals surface area contributed by atoms with E-state index >= 15 is 0 Å². The molecule has 0 radical (unpaired) electrons. The molecule has 3 heterocycles. The molecular formula is C19H30N4O3. The second-order valence-corrected chi connectivity index (χ2v) is 8.00. The van der Waals surface area contributed by atoms with E-state index in [2.05, 4.69) is 20.9 Å². The van der Waals surface area contributed by atoms with Crippen molar-refractivity contribution in [2.75, 3.05) is 44.3 Å². The van der Waals surface area contributed by atoms with Gasteiger partial charge in [0.05, 0.1) is 0 Å². The molecule has 2 saturated heterocycles. The fraction of sp³-hybridized carbons (Fsp3) is 0.737. The van der Waals surface area contributed by atoms with Crippen molar-refractivity contribution >= 4 is 11.9 Å². The molecule has 0 aliphatic carbocycles. The van der Waals surface area contributed by atoms with Crippen LogP contribution in [0.5, 0.6) is 0 Å². The standard InChI is InChI=1S/C19H30N4O3/c1-19(2,3)26-18(24)23-8-4-7-22(9-10-23)17-13-16(20-14-21-17)15-5-11-25-12-6-15/h13-15H,4-12H2,1-3H3. The van der Waals surface area contributed by atoms with Crippen LogP contribution in [0.2, 0.25) is 0 Å². The summed E-state index contributed by atoms with van der Waals surface area (Å²) in [6, 6.07) is 2.11. The van der Waals surface area contributed by atoms with E-state index in [1.165, 1.54) is 0 Å². The molecular weight excluding hydrogens is 332 g/mol. The van der Waals surface area contributed by atoms with Gasteiger partial charge in [-0.15, -0.1) is 0 Å². The summed E-state index contributed by atoms with van der Waals surface area (Å²) in [6.07, 6.45) is 4.36. The Bertz CT molecular complexity index is 611. The van der Waals surface area contributed by atoms with Crippen LogP contribution in [-0.4, -0.2) is 66.0 Å². The zero-order valence-corrected chi connectivity index (χ0v) is 16.1. The molecule has 2 aliphatic heterocycles. The summed E-state index contributed by atoms with van der Waals surface area (Å²) in [5, 5.41) is 0. The first-order chi connectivity index (χ1) is 12.4. The van der Waals surface area contributed by atoms with Crippen LogP contribution in [0.3, 0.4) is 0 Å². The second-order valence-electron chi connectivity index (χ2n) is 8.00. The number of aromatic nitrogens is 2. The van der Waals surface area contributed by atoms with Crippen molar-refractivity contribution in [1.29, 1.82) is 0 Å². The molecule has 0 aromatic carbocycles. The zero-order valence-electron chi connectivity index (χ0n) is 16.1. The van der Waals surface area contributed by atoms with Crippen molar-refractivity contribution in [3.8, 4) is 0 Å². The van der Waals surface area contributed by atoms with E-state index in [0.29, 0.717) is 19.0 Å². The number of amides is 1. The van der Waals surface area contributed by atoms with Crippen LogP contribution in [0.15, 0.2) is 12.4 Å². The molecule has 0 bridgehead atoms. The first-order valence-corrected chi connectivity index (χ1v) is 9.55. The molecule has 144 valence electrons. The quantitative estimate of drug-likeness (QED) is 0.806. The number of carbonyl (C=O) groups excluding carboxylic acids is 1. The fourth-order valence-electron chi connectivity index (χ4n) is 3.41. The van der Waals surface area contributed by atoms with Crippen LogP contribution in [-0.2, 0) is 9.47 Å². The number of rotatable bonds is 2. The molecule has 2 aliphatic rings. The van der Waals surface area contributed by atoms with Crippen LogP contribution in [0.25, 0.3) is 0 Å². The highest BCUT2D eigenvalue weighted by atomic mass is 16.6. The van der Waals surface area contributed by atoms with Crippen molar-refractivity contribution in [2.45, 2.75) is 51.6 Å². The highest BCUT2D eigenvalue weighted by Crippen LogP contribution is 2.27. The number of hydrogen-bond acceptors (Lipinski definition) is 6. The van der Waals surface area contributed by atoms with Gasteiger partial charge in [0.1, 0.15) is 17.7 Å². The van der Waals surface area contributed by atoms with Crippen molar-refractivity contribution in [1.82, 2.24) is 14.9 Å². The van der Waals surface area contributed by atoms with Crippen molar-refractivity contribution < 1.29 is 14.3 Å². The molecule has 0 atom stereocenters. The molecule has 0 spiro atoms. The van der Waals surface area contributed by atoms with Crippen LogP contribution < -0.4 is 4.90 Å². The molecule has 26 heavy (non-hydrogen) atoms. The predicted octanol–water partition coefficient (Wildman–Crippen LogP) is 2.82. The van der Waals surface area contributed by atoms with Gasteiger partial charge in [-0.1, -0.05) is 0 Å². The molecule has 7 nitrogen and oxygen atoms in total. The lowest BCUT2D eigenvalue weighted by Gasteiger charge is -2.27. The van der Waals surface area contributed by atoms with Crippen molar-refractivity contribution in [3.05, 3.63) is 18.1 Å². The van der Waals surface area contributed by atoms with Gasteiger partial charge < -0.3 is 19.3 Å². The minimum Gasteiger partial charge on any atom is -0.444 e. The molecule has 1 aromatic heterocycles. The molecule has 0 N–H and O–H groups in total. The van der Waals surface area contributed by atoms with E-state index in [1.54, 1.807) is 11.2 Å². The Morgan fingerprint density at radius 3 is 2.65 bits per heavy atom. The van der Waals surface area contributed by atoms with Crippen molar-refractivity contribution in [2.24, 2.45) is 0 Å². The zero-order chi connectivity index (χ0) is 18.6. The van der Waals surface area contributed by atoms with E-state index in [0.717, 1.165) is 57.1 Å². The van der Waals surface area contributed by atoms with Gasteiger partial charge in [-0.25, -0.2) is 14.8 Å².